The van der Waals surface area contributed by atoms with Gasteiger partial charge in [0.25, 0.3) is 5.91 Å². The van der Waals surface area contributed by atoms with Gasteiger partial charge in [-0.05, 0) is 39.0 Å². The largest absolute Gasteiger partial charge is 0.479 e. The van der Waals surface area contributed by atoms with Crippen molar-refractivity contribution in [3.05, 3.63) is 29.0 Å². The molecule has 3 atom stereocenters. The highest BCUT2D eigenvalue weighted by Crippen LogP contribution is 2.26. The van der Waals surface area contributed by atoms with Crippen LogP contribution in [0.3, 0.4) is 0 Å². The maximum atomic E-state index is 13.0. The van der Waals surface area contributed by atoms with Crippen LogP contribution in [0.25, 0.3) is 0 Å². The Morgan fingerprint density at radius 1 is 1.43 bits per heavy atom. The van der Waals surface area contributed by atoms with E-state index >= 15 is 0 Å². The summed E-state index contributed by atoms with van der Waals surface area (Å²) in [5, 5.41) is 3.53. The van der Waals surface area contributed by atoms with E-state index in [1.807, 2.05) is 13.8 Å². The van der Waals surface area contributed by atoms with Crippen molar-refractivity contribution in [1.82, 2.24) is 10.2 Å². The number of amides is 1. The van der Waals surface area contributed by atoms with Gasteiger partial charge in [-0.1, -0.05) is 11.6 Å². The molecule has 1 N–H and O–H groups in total. The molecule has 1 aromatic rings. The van der Waals surface area contributed by atoms with Crippen molar-refractivity contribution in [2.75, 3.05) is 13.1 Å². The second kappa shape index (κ2) is 6.62. The molecule has 0 saturated carbocycles. The Hall–Kier alpha value is -1.33. The Kier molecular flexibility index (Phi) is 5.06. The van der Waals surface area contributed by atoms with Crippen molar-refractivity contribution in [2.45, 2.75) is 39.0 Å². The minimum atomic E-state index is -0.662. The summed E-state index contributed by atoms with van der Waals surface area (Å²) in [6.07, 6.45) is -0.662. The number of benzene rings is 1. The summed E-state index contributed by atoms with van der Waals surface area (Å²) in [5.41, 5.74) is 0. The number of nitrogens with one attached hydrogen (secondary N) is 1. The first-order chi connectivity index (χ1) is 9.86. The Morgan fingerprint density at radius 2 is 2.05 bits per heavy atom. The fourth-order valence-corrected chi connectivity index (χ4v) is 2.79. The molecule has 2 rings (SSSR count). The van der Waals surface area contributed by atoms with Crippen LogP contribution in [0.1, 0.15) is 20.8 Å². The number of ether oxygens (including phenoxy) is 1. The third-order valence-electron chi connectivity index (χ3n) is 3.41. The van der Waals surface area contributed by atoms with Crippen molar-refractivity contribution in [1.29, 1.82) is 0 Å². The van der Waals surface area contributed by atoms with Gasteiger partial charge in [0.1, 0.15) is 11.6 Å². The summed E-state index contributed by atoms with van der Waals surface area (Å²) in [6, 6.07) is 4.36. The lowest BCUT2D eigenvalue weighted by atomic mass is 10.1. The highest BCUT2D eigenvalue weighted by atomic mass is 35.5. The lowest BCUT2D eigenvalue weighted by Gasteiger charge is -2.37. The summed E-state index contributed by atoms with van der Waals surface area (Å²) < 4.78 is 18.6. The molecule has 0 radical (unpaired) electrons. The molecule has 4 nitrogen and oxygen atoms in total. The molecule has 0 aromatic heterocycles. The maximum Gasteiger partial charge on any atom is 0.263 e. The summed E-state index contributed by atoms with van der Waals surface area (Å²) in [4.78, 5) is 14.2. The molecule has 1 amide bonds. The maximum absolute atomic E-state index is 13.0. The second-order valence-electron chi connectivity index (χ2n) is 5.55. The smallest absolute Gasteiger partial charge is 0.263 e. The first-order valence-corrected chi connectivity index (χ1v) is 7.41. The number of carbonyl (C=O) groups excluding carboxylic acids is 1. The van der Waals surface area contributed by atoms with E-state index in [0.29, 0.717) is 18.8 Å². The highest BCUT2D eigenvalue weighted by Gasteiger charge is 2.29. The molecule has 1 aromatic carbocycles. The Balaban J connectivity index is 2.02. The molecule has 21 heavy (non-hydrogen) atoms. The van der Waals surface area contributed by atoms with Gasteiger partial charge in [0, 0.05) is 25.2 Å². The molecule has 1 fully saturated rings. The van der Waals surface area contributed by atoms with Crippen LogP contribution in [0.5, 0.6) is 5.75 Å². The second-order valence-corrected chi connectivity index (χ2v) is 5.95. The average molecular weight is 315 g/mol. The quantitative estimate of drug-likeness (QED) is 0.932. The van der Waals surface area contributed by atoms with Gasteiger partial charge < -0.3 is 15.0 Å². The van der Waals surface area contributed by atoms with Gasteiger partial charge in [-0.2, -0.15) is 0 Å². The van der Waals surface area contributed by atoms with Crippen LogP contribution in [-0.2, 0) is 4.79 Å². The molecule has 1 saturated heterocycles. The number of nitrogens with zero attached hydrogens (tertiary/aromatic N) is 1. The van der Waals surface area contributed by atoms with Crippen molar-refractivity contribution in [3.8, 4) is 5.75 Å². The molecule has 1 aliphatic heterocycles. The van der Waals surface area contributed by atoms with Crippen LogP contribution in [0.4, 0.5) is 4.39 Å². The van der Waals surface area contributed by atoms with Crippen molar-refractivity contribution in [3.63, 3.8) is 0 Å². The molecule has 1 aliphatic rings. The van der Waals surface area contributed by atoms with E-state index in [1.54, 1.807) is 11.8 Å². The van der Waals surface area contributed by atoms with Gasteiger partial charge in [-0.3, -0.25) is 4.79 Å². The number of halogens is 2. The third-order valence-corrected chi connectivity index (χ3v) is 3.71. The van der Waals surface area contributed by atoms with Crippen LogP contribution in [0.15, 0.2) is 18.2 Å². The zero-order valence-electron chi connectivity index (χ0n) is 12.4. The number of hydrogen-bond donors (Lipinski definition) is 1. The van der Waals surface area contributed by atoms with E-state index in [-0.39, 0.29) is 23.0 Å². The van der Waals surface area contributed by atoms with Crippen LogP contribution in [-0.4, -0.2) is 42.1 Å². The Bertz CT molecular complexity index is 516. The van der Waals surface area contributed by atoms with Crippen molar-refractivity contribution in [2.24, 2.45) is 0 Å². The highest BCUT2D eigenvalue weighted by molar-refractivity contribution is 6.32. The number of carbonyl (C=O) groups is 1. The standard InChI is InChI=1S/C15H20ClFN2O2/c1-9-7-19(8-10(2)18-9)15(20)11(3)21-14-5-4-12(17)6-13(14)16/h4-6,9-11,18H,7-8H2,1-3H3/t9-,10-,11-/m1/s1. The average Bonchev–Trinajstić information content (AvgIpc) is 2.40. The molecule has 0 spiro atoms. The first kappa shape index (κ1) is 16.0. The summed E-state index contributed by atoms with van der Waals surface area (Å²) >= 11 is 5.91. The fourth-order valence-electron chi connectivity index (χ4n) is 2.58. The molecule has 0 bridgehead atoms. The van der Waals surface area contributed by atoms with E-state index in [4.69, 9.17) is 16.3 Å². The van der Waals surface area contributed by atoms with Gasteiger partial charge in [0.05, 0.1) is 5.02 Å². The zero-order chi connectivity index (χ0) is 15.6. The molecule has 1 heterocycles. The van der Waals surface area contributed by atoms with Gasteiger partial charge >= 0.3 is 0 Å². The first-order valence-electron chi connectivity index (χ1n) is 7.03. The van der Waals surface area contributed by atoms with E-state index in [9.17, 15) is 9.18 Å². The Morgan fingerprint density at radius 3 is 2.62 bits per heavy atom. The SMILES string of the molecule is C[C@@H]1CN(C(=O)[C@@H](C)Oc2ccc(F)cc2Cl)C[C@@H](C)N1. The third kappa shape index (κ3) is 4.08. The van der Waals surface area contributed by atoms with Gasteiger partial charge in [-0.25, -0.2) is 4.39 Å². The minimum Gasteiger partial charge on any atom is -0.479 e. The number of hydrogen-bond acceptors (Lipinski definition) is 3. The van der Waals surface area contributed by atoms with Gasteiger partial charge in [0.15, 0.2) is 6.10 Å². The summed E-state index contributed by atoms with van der Waals surface area (Å²) in [6.45, 7) is 7.05. The van der Waals surface area contributed by atoms with Crippen LogP contribution in [0, 0.1) is 5.82 Å². The fraction of sp³-hybridized carbons (Fsp3) is 0.533. The predicted molar refractivity (Wildman–Crippen MR) is 80.1 cm³/mol. The predicted octanol–water partition coefficient (Wildman–Crippen LogP) is 2.46. The molecule has 0 unspecified atom stereocenters. The van der Waals surface area contributed by atoms with E-state index in [2.05, 4.69) is 5.32 Å². The molecule has 6 heteroatoms. The van der Waals surface area contributed by atoms with E-state index in [0.717, 1.165) is 0 Å². The van der Waals surface area contributed by atoms with Crippen molar-refractivity contribution >= 4 is 17.5 Å². The topological polar surface area (TPSA) is 41.6 Å². The minimum absolute atomic E-state index is 0.0874. The Labute approximate surface area is 129 Å². The van der Waals surface area contributed by atoms with Crippen molar-refractivity contribution < 1.29 is 13.9 Å². The summed E-state index contributed by atoms with van der Waals surface area (Å²) in [5.74, 6) is -0.207. The monoisotopic (exact) mass is 314 g/mol. The zero-order valence-corrected chi connectivity index (χ0v) is 13.2. The van der Waals surface area contributed by atoms with Crippen LogP contribution < -0.4 is 10.1 Å². The molecule has 0 aliphatic carbocycles. The molecule has 116 valence electrons. The lowest BCUT2D eigenvalue weighted by molar-refractivity contribution is -0.139. The lowest BCUT2D eigenvalue weighted by Crippen LogP contribution is -2.57. The normalized spacial score (nSPS) is 23.8. The van der Waals surface area contributed by atoms with Crippen LogP contribution >= 0.6 is 11.6 Å². The van der Waals surface area contributed by atoms with E-state index < -0.39 is 11.9 Å². The summed E-state index contributed by atoms with van der Waals surface area (Å²) in [7, 11) is 0. The number of piperazine rings is 1. The van der Waals surface area contributed by atoms with Crippen LogP contribution in [0.2, 0.25) is 5.02 Å². The van der Waals surface area contributed by atoms with E-state index in [1.165, 1.54) is 18.2 Å². The number of rotatable bonds is 3. The molecular weight excluding hydrogens is 295 g/mol. The van der Waals surface area contributed by atoms with Gasteiger partial charge in [-0.15, -0.1) is 0 Å². The molecular formula is C15H20ClFN2O2. The van der Waals surface area contributed by atoms with Gasteiger partial charge in [0.2, 0.25) is 0 Å².